The second-order valence-electron chi connectivity index (χ2n) is 3.98. The first-order valence-electron chi connectivity index (χ1n) is 5.28. The van der Waals surface area contributed by atoms with Crippen molar-refractivity contribution in [2.75, 3.05) is 0 Å². The van der Waals surface area contributed by atoms with E-state index in [1.807, 2.05) is 0 Å². The summed E-state index contributed by atoms with van der Waals surface area (Å²) >= 11 is 0. The minimum Gasteiger partial charge on any atom is -0.478 e. The molecule has 18 heavy (non-hydrogen) atoms. The normalized spacial score (nSPS) is 10.4. The Hall–Kier alpha value is -2.23. The molecule has 0 atom stereocenters. The van der Waals surface area contributed by atoms with Gasteiger partial charge >= 0.3 is 5.97 Å². The van der Waals surface area contributed by atoms with Crippen LogP contribution in [0.2, 0.25) is 0 Å². The molecule has 0 bridgehead atoms. The number of aryl methyl sites for hydroxylation is 1. The van der Waals surface area contributed by atoms with Gasteiger partial charge in [0.15, 0.2) is 0 Å². The first-order valence-corrected chi connectivity index (χ1v) is 5.28. The summed E-state index contributed by atoms with van der Waals surface area (Å²) in [6.45, 7) is 1.77. The van der Waals surface area contributed by atoms with Crippen LogP contribution in [0.15, 0.2) is 36.4 Å². The highest BCUT2D eigenvalue weighted by Gasteiger charge is 2.13. The summed E-state index contributed by atoms with van der Waals surface area (Å²) in [4.78, 5) is 10.7. The summed E-state index contributed by atoms with van der Waals surface area (Å²) in [6.07, 6.45) is 0. The highest BCUT2D eigenvalue weighted by Crippen LogP contribution is 2.27. The Labute approximate surface area is 103 Å². The van der Waals surface area contributed by atoms with E-state index in [0.29, 0.717) is 0 Å². The summed E-state index contributed by atoms with van der Waals surface area (Å²) in [7, 11) is 0. The molecule has 1 N–H and O–H groups in total. The number of carboxylic acids is 1. The lowest BCUT2D eigenvalue weighted by Gasteiger charge is -2.07. The summed E-state index contributed by atoms with van der Waals surface area (Å²) in [5.74, 6) is -2.51. The predicted octanol–water partition coefficient (Wildman–Crippen LogP) is 3.64. The molecule has 0 unspecified atom stereocenters. The molecule has 0 aromatic heterocycles. The number of carbonyl (C=O) groups is 1. The average molecular weight is 248 g/mol. The molecule has 2 rings (SSSR count). The zero-order valence-electron chi connectivity index (χ0n) is 9.58. The molecular weight excluding hydrogens is 238 g/mol. The van der Waals surface area contributed by atoms with Gasteiger partial charge in [-0.15, -0.1) is 0 Å². The maximum atomic E-state index is 13.8. The second-order valence-corrected chi connectivity index (χ2v) is 3.98. The molecule has 0 aliphatic heterocycles. The molecule has 2 aromatic rings. The Balaban J connectivity index is 2.58. The van der Waals surface area contributed by atoms with Gasteiger partial charge < -0.3 is 5.11 Å². The van der Waals surface area contributed by atoms with Crippen LogP contribution in [0.25, 0.3) is 11.1 Å². The second kappa shape index (κ2) is 4.56. The molecule has 4 heteroatoms. The number of hydrogen-bond acceptors (Lipinski definition) is 1. The van der Waals surface area contributed by atoms with Gasteiger partial charge in [-0.3, -0.25) is 0 Å². The number of rotatable bonds is 2. The zero-order chi connectivity index (χ0) is 13.3. The molecule has 2 nitrogen and oxygen atoms in total. The molecule has 0 amide bonds. The molecule has 0 saturated carbocycles. The zero-order valence-corrected chi connectivity index (χ0v) is 9.58. The lowest BCUT2D eigenvalue weighted by molar-refractivity contribution is 0.0696. The van der Waals surface area contributed by atoms with Crippen molar-refractivity contribution in [1.29, 1.82) is 0 Å². The third-order valence-electron chi connectivity index (χ3n) is 2.63. The Kier molecular flexibility index (Phi) is 3.10. The maximum Gasteiger partial charge on any atom is 0.335 e. The van der Waals surface area contributed by atoms with Gasteiger partial charge in [-0.05, 0) is 31.2 Å². The smallest absolute Gasteiger partial charge is 0.335 e. The molecule has 0 radical (unpaired) electrons. The minimum atomic E-state index is -1.22. The van der Waals surface area contributed by atoms with Crippen LogP contribution in [0.4, 0.5) is 8.78 Å². The van der Waals surface area contributed by atoms with Gasteiger partial charge in [-0.2, -0.15) is 0 Å². The maximum absolute atomic E-state index is 13.8. The van der Waals surface area contributed by atoms with Crippen LogP contribution in [0.3, 0.4) is 0 Å². The summed E-state index contributed by atoms with van der Waals surface area (Å²) in [5, 5.41) is 8.73. The predicted molar refractivity (Wildman–Crippen MR) is 63.5 cm³/mol. The van der Waals surface area contributed by atoms with Crippen molar-refractivity contribution >= 4 is 5.97 Å². The van der Waals surface area contributed by atoms with Gasteiger partial charge in [0.1, 0.15) is 11.6 Å². The summed E-state index contributed by atoms with van der Waals surface area (Å²) in [6, 6.07) is 7.78. The number of halogens is 2. The van der Waals surface area contributed by atoms with Crippen molar-refractivity contribution in [3.8, 4) is 11.1 Å². The van der Waals surface area contributed by atoms with E-state index in [-0.39, 0.29) is 16.7 Å². The van der Waals surface area contributed by atoms with Crippen LogP contribution in [0.5, 0.6) is 0 Å². The van der Waals surface area contributed by atoms with Crippen molar-refractivity contribution in [2.45, 2.75) is 6.92 Å². The van der Waals surface area contributed by atoms with E-state index in [1.165, 1.54) is 24.3 Å². The molecule has 2 aromatic carbocycles. The molecule has 92 valence electrons. The van der Waals surface area contributed by atoms with Crippen LogP contribution < -0.4 is 0 Å². The van der Waals surface area contributed by atoms with Gasteiger partial charge in [0.05, 0.1) is 5.56 Å². The lowest BCUT2D eigenvalue weighted by Crippen LogP contribution is -1.98. The van der Waals surface area contributed by atoms with Crippen molar-refractivity contribution in [3.63, 3.8) is 0 Å². The van der Waals surface area contributed by atoms with E-state index in [0.717, 1.165) is 11.6 Å². The van der Waals surface area contributed by atoms with Crippen LogP contribution in [-0.4, -0.2) is 11.1 Å². The number of aromatic carboxylic acids is 1. The van der Waals surface area contributed by atoms with Gasteiger partial charge in [0.2, 0.25) is 0 Å². The van der Waals surface area contributed by atoms with Gasteiger partial charge in [0, 0.05) is 11.1 Å². The molecule has 0 aliphatic rings. The monoisotopic (exact) mass is 248 g/mol. The van der Waals surface area contributed by atoms with E-state index < -0.39 is 17.6 Å². The van der Waals surface area contributed by atoms with Gasteiger partial charge in [-0.25, -0.2) is 13.6 Å². The molecule has 0 saturated heterocycles. The standard InChI is InChI=1S/C14H10F2O2/c1-8-2-5-12(15)11(6-8)10-4-3-9(14(17)18)7-13(10)16/h2-7H,1H3,(H,17,18). The number of benzene rings is 2. The van der Waals surface area contributed by atoms with Crippen LogP contribution in [0, 0.1) is 18.6 Å². The van der Waals surface area contributed by atoms with Crippen molar-refractivity contribution in [3.05, 3.63) is 59.2 Å². The van der Waals surface area contributed by atoms with Crippen LogP contribution in [0.1, 0.15) is 15.9 Å². The Morgan fingerprint density at radius 2 is 1.72 bits per heavy atom. The topological polar surface area (TPSA) is 37.3 Å². The van der Waals surface area contributed by atoms with Crippen LogP contribution in [-0.2, 0) is 0 Å². The first kappa shape index (κ1) is 12.2. The fraction of sp³-hybridized carbons (Fsp3) is 0.0714. The largest absolute Gasteiger partial charge is 0.478 e. The quantitative estimate of drug-likeness (QED) is 0.880. The first-order chi connectivity index (χ1) is 8.49. The Bertz CT molecular complexity index is 621. The van der Waals surface area contributed by atoms with E-state index in [9.17, 15) is 13.6 Å². The number of carboxylic acid groups (broad SMARTS) is 1. The van der Waals surface area contributed by atoms with Crippen LogP contribution >= 0.6 is 0 Å². The van der Waals surface area contributed by atoms with Crippen molar-refractivity contribution in [2.24, 2.45) is 0 Å². The highest BCUT2D eigenvalue weighted by molar-refractivity contribution is 5.88. The fourth-order valence-corrected chi connectivity index (χ4v) is 1.71. The average Bonchev–Trinajstić information content (AvgIpc) is 2.32. The SMILES string of the molecule is Cc1ccc(F)c(-c2ccc(C(=O)O)cc2F)c1. The highest BCUT2D eigenvalue weighted by atomic mass is 19.1. The summed E-state index contributed by atoms with van der Waals surface area (Å²) < 4.78 is 27.4. The van der Waals surface area contributed by atoms with E-state index >= 15 is 0 Å². The van der Waals surface area contributed by atoms with E-state index in [4.69, 9.17) is 5.11 Å². The fourth-order valence-electron chi connectivity index (χ4n) is 1.71. The van der Waals surface area contributed by atoms with Crippen molar-refractivity contribution in [1.82, 2.24) is 0 Å². The molecule has 0 fully saturated rings. The summed E-state index contributed by atoms with van der Waals surface area (Å²) in [5.41, 5.74) is 0.822. The molecular formula is C14H10F2O2. The van der Waals surface area contributed by atoms with Gasteiger partial charge in [-0.1, -0.05) is 17.7 Å². The lowest BCUT2D eigenvalue weighted by atomic mass is 10.0. The molecule has 0 aliphatic carbocycles. The number of hydrogen-bond donors (Lipinski definition) is 1. The Morgan fingerprint density at radius 3 is 2.33 bits per heavy atom. The Morgan fingerprint density at radius 1 is 1.00 bits per heavy atom. The van der Waals surface area contributed by atoms with E-state index in [1.54, 1.807) is 13.0 Å². The van der Waals surface area contributed by atoms with E-state index in [2.05, 4.69) is 0 Å². The van der Waals surface area contributed by atoms with Gasteiger partial charge in [0.25, 0.3) is 0 Å². The third kappa shape index (κ3) is 2.22. The minimum absolute atomic E-state index is 0.0567. The molecule has 0 spiro atoms. The van der Waals surface area contributed by atoms with Crippen molar-refractivity contribution < 1.29 is 18.7 Å². The molecule has 0 heterocycles. The third-order valence-corrected chi connectivity index (χ3v) is 2.63.